The van der Waals surface area contributed by atoms with Gasteiger partial charge in [-0.3, -0.25) is 4.98 Å². The summed E-state index contributed by atoms with van der Waals surface area (Å²) in [6.07, 6.45) is 6.28. The molecule has 4 heteroatoms. The van der Waals surface area contributed by atoms with Crippen LogP contribution < -0.4 is 4.74 Å². The Hall–Kier alpha value is -1.84. The van der Waals surface area contributed by atoms with Crippen molar-refractivity contribution in [2.45, 2.75) is 6.61 Å². The fraction of sp³-hybridized carbons (Fsp3) is 0.111. The van der Waals surface area contributed by atoms with Crippen molar-refractivity contribution < 1.29 is 9.15 Å². The fourth-order valence-electron chi connectivity index (χ4n) is 0.899. The van der Waals surface area contributed by atoms with Gasteiger partial charge in [0.1, 0.15) is 24.3 Å². The smallest absolute Gasteiger partial charge is 0.180 e. The summed E-state index contributed by atoms with van der Waals surface area (Å²) in [6, 6.07) is 3.66. The van der Waals surface area contributed by atoms with Gasteiger partial charge in [-0.1, -0.05) is 0 Å². The summed E-state index contributed by atoms with van der Waals surface area (Å²) in [5, 5.41) is 0. The van der Waals surface area contributed by atoms with Crippen molar-refractivity contribution in [3.63, 3.8) is 0 Å². The van der Waals surface area contributed by atoms with Crippen LogP contribution in [-0.2, 0) is 6.61 Å². The minimum Gasteiger partial charge on any atom is -0.486 e. The van der Waals surface area contributed by atoms with Gasteiger partial charge in [-0.05, 0) is 12.1 Å². The number of pyridine rings is 1. The monoisotopic (exact) mass is 176 g/mol. The highest BCUT2D eigenvalue weighted by molar-refractivity contribution is 5.15. The van der Waals surface area contributed by atoms with Crippen molar-refractivity contribution >= 4 is 0 Å². The van der Waals surface area contributed by atoms with Gasteiger partial charge in [0.25, 0.3) is 0 Å². The highest BCUT2D eigenvalue weighted by Gasteiger charge is 1.96. The highest BCUT2D eigenvalue weighted by atomic mass is 16.5. The van der Waals surface area contributed by atoms with Gasteiger partial charge in [-0.2, -0.15) is 0 Å². The second-order valence-corrected chi connectivity index (χ2v) is 2.46. The van der Waals surface area contributed by atoms with E-state index < -0.39 is 0 Å². The molecule has 0 bridgehead atoms. The zero-order chi connectivity index (χ0) is 8.93. The summed E-state index contributed by atoms with van der Waals surface area (Å²) in [5.74, 6) is 0.727. The Balaban J connectivity index is 1.94. The van der Waals surface area contributed by atoms with Crippen molar-refractivity contribution in [2.75, 3.05) is 0 Å². The first-order chi connectivity index (χ1) is 6.45. The first-order valence-corrected chi connectivity index (χ1v) is 3.85. The van der Waals surface area contributed by atoms with Crippen LogP contribution in [0.1, 0.15) is 5.69 Å². The lowest BCUT2D eigenvalue weighted by Gasteiger charge is -2.01. The van der Waals surface area contributed by atoms with Crippen LogP contribution in [0.3, 0.4) is 0 Å². The first-order valence-electron chi connectivity index (χ1n) is 3.85. The molecule has 0 fully saturated rings. The third-order valence-electron chi connectivity index (χ3n) is 1.50. The summed E-state index contributed by atoms with van der Waals surface area (Å²) in [7, 11) is 0. The summed E-state index contributed by atoms with van der Waals surface area (Å²) >= 11 is 0. The lowest BCUT2D eigenvalue weighted by atomic mass is 10.4. The molecule has 0 radical (unpaired) electrons. The predicted molar refractivity (Wildman–Crippen MR) is 45.1 cm³/mol. The molecule has 0 N–H and O–H groups in total. The van der Waals surface area contributed by atoms with Crippen LogP contribution >= 0.6 is 0 Å². The van der Waals surface area contributed by atoms with Gasteiger partial charge < -0.3 is 9.15 Å². The maximum absolute atomic E-state index is 5.37. The zero-order valence-electron chi connectivity index (χ0n) is 6.88. The van der Waals surface area contributed by atoms with Crippen LogP contribution in [0.25, 0.3) is 0 Å². The summed E-state index contributed by atoms with van der Waals surface area (Å²) in [5.41, 5.74) is 0.767. The molecule has 0 unspecified atom stereocenters. The van der Waals surface area contributed by atoms with Gasteiger partial charge in [0.05, 0.1) is 6.20 Å². The number of nitrogens with zero attached hydrogens (tertiary/aromatic N) is 2. The van der Waals surface area contributed by atoms with E-state index in [4.69, 9.17) is 9.15 Å². The Kier molecular flexibility index (Phi) is 2.22. The van der Waals surface area contributed by atoms with E-state index in [9.17, 15) is 0 Å². The van der Waals surface area contributed by atoms with Gasteiger partial charge in [-0.15, -0.1) is 0 Å². The molecule has 0 saturated heterocycles. The third kappa shape index (κ3) is 2.05. The van der Waals surface area contributed by atoms with Gasteiger partial charge in [0.2, 0.25) is 0 Å². The lowest BCUT2D eigenvalue weighted by Crippen LogP contribution is -1.95. The van der Waals surface area contributed by atoms with Crippen LogP contribution in [0, 0.1) is 0 Å². The van der Waals surface area contributed by atoms with Crippen molar-refractivity contribution in [1.82, 2.24) is 9.97 Å². The predicted octanol–water partition coefficient (Wildman–Crippen LogP) is 1.65. The van der Waals surface area contributed by atoms with E-state index in [-0.39, 0.29) is 0 Å². The highest BCUT2D eigenvalue weighted by Crippen LogP contribution is 2.08. The van der Waals surface area contributed by atoms with Gasteiger partial charge in [0.15, 0.2) is 6.39 Å². The molecule has 0 aromatic carbocycles. The van der Waals surface area contributed by atoms with Crippen LogP contribution in [0.15, 0.2) is 41.6 Å². The van der Waals surface area contributed by atoms with Crippen LogP contribution in [0.2, 0.25) is 0 Å². The zero-order valence-corrected chi connectivity index (χ0v) is 6.88. The number of hydrogen-bond acceptors (Lipinski definition) is 4. The molecule has 2 aromatic rings. The van der Waals surface area contributed by atoms with E-state index >= 15 is 0 Å². The molecule has 0 amide bonds. The lowest BCUT2D eigenvalue weighted by molar-refractivity contribution is 0.300. The maximum atomic E-state index is 5.37. The normalized spacial score (nSPS) is 9.85. The quantitative estimate of drug-likeness (QED) is 0.713. The molecule has 0 spiro atoms. The number of hydrogen-bond donors (Lipinski definition) is 0. The summed E-state index contributed by atoms with van der Waals surface area (Å²) < 4.78 is 10.2. The van der Waals surface area contributed by atoms with Gasteiger partial charge >= 0.3 is 0 Å². The number of ether oxygens (including phenoxy) is 1. The largest absolute Gasteiger partial charge is 0.486 e. The Morgan fingerprint density at radius 2 is 2.46 bits per heavy atom. The molecule has 13 heavy (non-hydrogen) atoms. The van der Waals surface area contributed by atoms with Crippen LogP contribution in [0.5, 0.6) is 5.75 Å². The van der Waals surface area contributed by atoms with E-state index in [2.05, 4.69) is 9.97 Å². The van der Waals surface area contributed by atoms with Gasteiger partial charge in [0, 0.05) is 6.20 Å². The van der Waals surface area contributed by atoms with E-state index in [1.165, 1.54) is 6.39 Å². The Labute approximate surface area is 75.2 Å². The van der Waals surface area contributed by atoms with E-state index in [1.54, 1.807) is 18.7 Å². The molecule has 0 aliphatic rings. The summed E-state index contributed by atoms with van der Waals surface area (Å²) in [4.78, 5) is 7.83. The Morgan fingerprint density at radius 3 is 3.15 bits per heavy atom. The average Bonchev–Trinajstić information content (AvgIpc) is 2.69. The van der Waals surface area contributed by atoms with Crippen LogP contribution in [0.4, 0.5) is 0 Å². The molecule has 2 rings (SSSR count). The minimum atomic E-state index is 0.405. The SMILES string of the molecule is c1cncc(OCc2cocn2)c1. The maximum Gasteiger partial charge on any atom is 0.180 e. The molecule has 4 nitrogen and oxygen atoms in total. The van der Waals surface area contributed by atoms with Crippen molar-refractivity contribution in [3.05, 3.63) is 42.9 Å². The van der Waals surface area contributed by atoms with E-state index in [0.29, 0.717) is 6.61 Å². The average molecular weight is 176 g/mol. The number of aromatic nitrogens is 2. The van der Waals surface area contributed by atoms with E-state index in [0.717, 1.165) is 11.4 Å². The molecule has 2 heterocycles. The molecule has 0 aliphatic heterocycles. The van der Waals surface area contributed by atoms with Crippen molar-refractivity contribution in [1.29, 1.82) is 0 Å². The van der Waals surface area contributed by atoms with E-state index in [1.807, 2.05) is 12.1 Å². The first kappa shape index (κ1) is 7.79. The van der Waals surface area contributed by atoms with Crippen molar-refractivity contribution in [3.8, 4) is 5.75 Å². The third-order valence-corrected chi connectivity index (χ3v) is 1.50. The van der Waals surface area contributed by atoms with Crippen molar-refractivity contribution in [2.24, 2.45) is 0 Å². The Bertz CT molecular complexity index is 345. The standard InChI is InChI=1S/C9H8N2O2/c1-2-9(4-10-3-1)13-6-8-5-12-7-11-8/h1-5,7H,6H2. The molecule has 66 valence electrons. The second kappa shape index (κ2) is 3.71. The second-order valence-electron chi connectivity index (χ2n) is 2.46. The van der Waals surface area contributed by atoms with Gasteiger partial charge in [-0.25, -0.2) is 4.98 Å². The minimum absolute atomic E-state index is 0.405. The molecular weight excluding hydrogens is 168 g/mol. The molecule has 2 aromatic heterocycles. The molecule has 0 aliphatic carbocycles. The fourth-order valence-corrected chi connectivity index (χ4v) is 0.899. The Morgan fingerprint density at radius 1 is 1.46 bits per heavy atom. The number of oxazole rings is 1. The molecule has 0 atom stereocenters. The summed E-state index contributed by atoms with van der Waals surface area (Å²) in [6.45, 7) is 0.405. The topological polar surface area (TPSA) is 48.2 Å². The molecular formula is C9H8N2O2. The number of rotatable bonds is 3. The van der Waals surface area contributed by atoms with Crippen LogP contribution in [-0.4, -0.2) is 9.97 Å². The molecule has 0 saturated carbocycles.